The van der Waals surface area contributed by atoms with E-state index < -0.39 is 0 Å². The first-order valence-electron chi connectivity index (χ1n) is 7.36. The second kappa shape index (κ2) is 8.70. The van der Waals surface area contributed by atoms with Crippen molar-refractivity contribution in [3.05, 3.63) is 29.1 Å². The number of amides is 1. The lowest BCUT2D eigenvalue weighted by molar-refractivity contribution is 0.0928. The van der Waals surface area contributed by atoms with Crippen molar-refractivity contribution in [3.63, 3.8) is 0 Å². The van der Waals surface area contributed by atoms with Crippen LogP contribution in [0, 0.1) is 19.3 Å². The molecule has 1 amide bonds. The van der Waals surface area contributed by atoms with E-state index in [0.29, 0.717) is 18.2 Å². The van der Waals surface area contributed by atoms with Crippen LogP contribution in [0.15, 0.2) is 12.1 Å². The molecule has 1 saturated heterocycles. The zero-order chi connectivity index (χ0) is 14.8. The number of nitrogens with zero attached hydrogens (tertiary/aromatic N) is 1. The Morgan fingerprint density at radius 3 is 2.64 bits per heavy atom. The molecule has 2 N–H and O–H groups in total. The number of halogens is 2. The minimum Gasteiger partial charge on any atom is -0.350 e. The highest BCUT2D eigenvalue weighted by Crippen LogP contribution is 2.29. The molecule has 0 saturated carbocycles. The van der Waals surface area contributed by atoms with Crippen LogP contribution in [-0.2, 0) is 0 Å². The number of carbonyl (C=O) groups excluding carboxylic acids is 1. The molecule has 0 bridgehead atoms. The van der Waals surface area contributed by atoms with Crippen LogP contribution in [0.1, 0.15) is 48.4 Å². The Labute approximate surface area is 145 Å². The number of hydrogen-bond acceptors (Lipinski definition) is 3. The quantitative estimate of drug-likeness (QED) is 0.883. The fourth-order valence-electron chi connectivity index (χ4n) is 2.84. The largest absolute Gasteiger partial charge is 0.350 e. The maximum atomic E-state index is 12.3. The second-order valence-electron chi connectivity index (χ2n) is 6.39. The van der Waals surface area contributed by atoms with E-state index >= 15 is 0 Å². The maximum Gasteiger partial charge on any atom is 0.253 e. The summed E-state index contributed by atoms with van der Waals surface area (Å²) in [5.74, 6) is -0.0295. The van der Waals surface area contributed by atoms with E-state index in [4.69, 9.17) is 0 Å². The third kappa shape index (κ3) is 5.11. The molecule has 0 spiro atoms. The molecule has 0 aromatic carbocycles. The highest BCUT2D eigenvalue weighted by molar-refractivity contribution is 5.95. The number of pyridine rings is 1. The third-order valence-corrected chi connectivity index (χ3v) is 4.27. The second-order valence-corrected chi connectivity index (χ2v) is 6.39. The number of carbonyl (C=O) groups is 1. The first-order chi connectivity index (χ1) is 9.40. The van der Waals surface area contributed by atoms with Gasteiger partial charge >= 0.3 is 0 Å². The summed E-state index contributed by atoms with van der Waals surface area (Å²) in [6, 6.07) is 4.07. The number of hydrogen-bond donors (Lipinski definition) is 2. The molecule has 2 heterocycles. The van der Waals surface area contributed by atoms with Crippen LogP contribution in [0.5, 0.6) is 0 Å². The van der Waals surface area contributed by atoms with Crippen LogP contribution >= 0.6 is 24.8 Å². The van der Waals surface area contributed by atoms with Gasteiger partial charge < -0.3 is 10.6 Å². The fraction of sp³-hybridized carbons (Fsp3) is 0.625. The molecular formula is C16H27Cl2N3O. The number of piperidine rings is 1. The van der Waals surface area contributed by atoms with Gasteiger partial charge in [0, 0.05) is 18.3 Å². The molecule has 1 aromatic heterocycles. The average Bonchev–Trinajstić information content (AvgIpc) is 2.36. The molecule has 0 radical (unpaired) electrons. The molecule has 2 rings (SSSR count). The monoisotopic (exact) mass is 347 g/mol. The molecule has 22 heavy (non-hydrogen) atoms. The third-order valence-electron chi connectivity index (χ3n) is 4.27. The summed E-state index contributed by atoms with van der Waals surface area (Å²) in [5, 5.41) is 6.55. The zero-order valence-corrected chi connectivity index (χ0v) is 15.4. The van der Waals surface area contributed by atoms with E-state index in [9.17, 15) is 4.79 Å². The average molecular weight is 348 g/mol. The minimum atomic E-state index is -0.0295. The smallest absolute Gasteiger partial charge is 0.253 e. The van der Waals surface area contributed by atoms with E-state index in [1.54, 1.807) is 0 Å². The Bertz CT molecular complexity index is 506. The fourth-order valence-corrected chi connectivity index (χ4v) is 2.84. The van der Waals surface area contributed by atoms with E-state index in [0.717, 1.165) is 17.9 Å². The van der Waals surface area contributed by atoms with Gasteiger partial charge in [-0.15, -0.1) is 24.8 Å². The van der Waals surface area contributed by atoms with Crippen LogP contribution < -0.4 is 10.6 Å². The van der Waals surface area contributed by atoms with Gasteiger partial charge in [-0.05, 0) is 50.8 Å². The van der Waals surface area contributed by atoms with Gasteiger partial charge in [-0.3, -0.25) is 9.78 Å². The molecule has 126 valence electrons. The number of nitrogens with one attached hydrogen (secondary N) is 2. The first-order valence-corrected chi connectivity index (χ1v) is 7.36. The summed E-state index contributed by atoms with van der Waals surface area (Å²) >= 11 is 0. The van der Waals surface area contributed by atoms with Gasteiger partial charge in [0.25, 0.3) is 5.91 Å². The topological polar surface area (TPSA) is 54.0 Å². The van der Waals surface area contributed by atoms with Crippen molar-refractivity contribution >= 4 is 30.7 Å². The molecule has 6 heteroatoms. The van der Waals surface area contributed by atoms with Crippen molar-refractivity contribution < 1.29 is 4.79 Å². The summed E-state index contributed by atoms with van der Waals surface area (Å²) < 4.78 is 0. The van der Waals surface area contributed by atoms with E-state index in [1.165, 1.54) is 12.8 Å². The molecule has 4 nitrogen and oxygen atoms in total. The van der Waals surface area contributed by atoms with Gasteiger partial charge in [0.15, 0.2) is 0 Å². The summed E-state index contributed by atoms with van der Waals surface area (Å²) in [7, 11) is 0. The normalized spacial score (nSPS) is 19.5. The Hall–Kier alpha value is -0.840. The zero-order valence-electron chi connectivity index (χ0n) is 13.7. The Morgan fingerprint density at radius 2 is 2.05 bits per heavy atom. The van der Waals surface area contributed by atoms with Crippen LogP contribution in [0.4, 0.5) is 0 Å². The maximum absolute atomic E-state index is 12.3. The van der Waals surface area contributed by atoms with Crippen molar-refractivity contribution in [3.8, 4) is 0 Å². The summed E-state index contributed by atoms with van der Waals surface area (Å²) in [6.45, 7) is 10.0. The molecule has 1 aliphatic rings. The van der Waals surface area contributed by atoms with E-state index in [1.807, 2.05) is 26.0 Å². The Morgan fingerprint density at radius 1 is 1.36 bits per heavy atom. The molecular weight excluding hydrogens is 321 g/mol. The lowest BCUT2D eigenvalue weighted by atomic mass is 9.77. The van der Waals surface area contributed by atoms with Gasteiger partial charge in [-0.2, -0.15) is 0 Å². The van der Waals surface area contributed by atoms with Crippen LogP contribution in [0.2, 0.25) is 0 Å². The van der Waals surface area contributed by atoms with Crippen molar-refractivity contribution in [1.29, 1.82) is 0 Å². The van der Waals surface area contributed by atoms with Crippen molar-refractivity contribution in [2.75, 3.05) is 13.1 Å². The van der Waals surface area contributed by atoms with Gasteiger partial charge in [-0.1, -0.05) is 13.8 Å². The van der Waals surface area contributed by atoms with Crippen LogP contribution in [-0.4, -0.2) is 30.0 Å². The van der Waals surface area contributed by atoms with Gasteiger partial charge in [0.05, 0.1) is 11.3 Å². The summed E-state index contributed by atoms with van der Waals surface area (Å²) in [5.41, 5.74) is 2.63. The number of aryl methyl sites for hydroxylation is 2. The van der Waals surface area contributed by atoms with Gasteiger partial charge in [-0.25, -0.2) is 0 Å². The Balaban J connectivity index is 0.00000220. The lowest BCUT2D eigenvalue weighted by Gasteiger charge is -2.39. The number of rotatable bonds is 3. The van der Waals surface area contributed by atoms with Crippen LogP contribution in [0.25, 0.3) is 0 Å². The molecule has 1 atom stereocenters. The van der Waals surface area contributed by atoms with Crippen LogP contribution in [0.3, 0.4) is 0 Å². The van der Waals surface area contributed by atoms with Gasteiger partial charge in [0.1, 0.15) is 0 Å². The Kier molecular flexibility index (Phi) is 8.37. The highest BCUT2D eigenvalue weighted by atomic mass is 35.5. The van der Waals surface area contributed by atoms with Crippen molar-refractivity contribution in [2.45, 2.75) is 46.6 Å². The molecule has 0 aliphatic carbocycles. The van der Waals surface area contributed by atoms with Crippen molar-refractivity contribution in [1.82, 2.24) is 15.6 Å². The molecule has 1 fully saturated rings. The molecule has 1 aliphatic heterocycles. The standard InChI is InChI=1S/C16H25N3O.2ClH/c1-11-6-7-13(12(2)19-11)15(20)18-10-14-16(3,4)8-5-9-17-14;;/h6-7,14,17H,5,8-10H2,1-4H3,(H,18,20);2*1H. The SMILES string of the molecule is Cc1ccc(C(=O)NCC2NCCCC2(C)C)c(C)n1.Cl.Cl. The highest BCUT2D eigenvalue weighted by Gasteiger charge is 2.32. The minimum absolute atomic E-state index is 0. The predicted octanol–water partition coefficient (Wildman–Crippen LogP) is 3.05. The lowest BCUT2D eigenvalue weighted by Crippen LogP contribution is -2.52. The predicted molar refractivity (Wildman–Crippen MR) is 95.3 cm³/mol. The number of aromatic nitrogens is 1. The van der Waals surface area contributed by atoms with Gasteiger partial charge in [0.2, 0.25) is 0 Å². The molecule has 1 unspecified atom stereocenters. The van der Waals surface area contributed by atoms with E-state index in [-0.39, 0.29) is 36.1 Å². The first kappa shape index (κ1) is 21.2. The molecule has 1 aromatic rings. The summed E-state index contributed by atoms with van der Waals surface area (Å²) in [4.78, 5) is 16.6. The summed E-state index contributed by atoms with van der Waals surface area (Å²) in [6.07, 6.45) is 2.41. The van der Waals surface area contributed by atoms with E-state index in [2.05, 4.69) is 29.5 Å². The van der Waals surface area contributed by atoms with Crippen molar-refractivity contribution in [2.24, 2.45) is 5.41 Å².